The minimum absolute atomic E-state index is 0.0172. The molecule has 0 bridgehead atoms. The highest BCUT2D eigenvalue weighted by Crippen LogP contribution is 2.35. The van der Waals surface area contributed by atoms with Crippen molar-refractivity contribution in [3.8, 4) is 11.5 Å². The predicted molar refractivity (Wildman–Crippen MR) is 105 cm³/mol. The number of nitrogens with zero attached hydrogens (tertiary/aromatic N) is 2. The van der Waals surface area contributed by atoms with Crippen molar-refractivity contribution in [2.75, 3.05) is 39.9 Å². The third-order valence-corrected chi connectivity index (χ3v) is 5.97. The van der Waals surface area contributed by atoms with Crippen LogP contribution in [-0.4, -0.2) is 60.8 Å². The average molecular weight is 368 g/mol. The second-order valence-corrected chi connectivity index (χ2v) is 7.35. The van der Waals surface area contributed by atoms with E-state index in [-0.39, 0.29) is 6.04 Å². The number of aliphatic hydroxyl groups is 1. The van der Waals surface area contributed by atoms with Crippen LogP contribution in [-0.2, 0) is 0 Å². The van der Waals surface area contributed by atoms with Gasteiger partial charge in [0.25, 0.3) is 0 Å². The fraction of sp³-hybridized carbons (Fsp3) is 0.455. The number of hydrogen-bond acceptors (Lipinski definition) is 5. The maximum absolute atomic E-state index is 10.8. The van der Waals surface area contributed by atoms with Crippen LogP contribution in [0.15, 0.2) is 48.5 Å². The van der Waals surface area contributed by atoms with Crippen LogP contribution in [0.25, 0.3) is 0 Å². The first-order chi connectivity index (χ1) is 13.2. The number of rotatable bonds is 4. The zero-order chi connectivity index (χ0) is 18.8. The molecule has 4 rings (SSSR count). The Labute approximate surface area is 161 Å². The molecule has 5 heteroatoms. The molecule has 0 amide bonds. The number of aliphatic hydroxyl groups excluding tert-OH is 1. The maximum Gasteiger partial charge on any atom is 0.125 e. The second-order valence-electron chi connectivity index (χ2n) is 7.35. The van der Waals surface area contributed by atoms with E-state index in [0.29, 0.717) is 12.6 Å². The van der Waals surface area contributed by atoms with Crippen molar-refractivity contribution in [3.05, 3.63) is 59.7 Å². The molecule has 5 nitrogen and oxygen atoms in total. The van der Waals surface area contributed by atoms with Crippen molar-refractivity contribution in [2.24, 2.45) is 0 Å². The summed E-state index contributed by atoms with van der Waals surface area (Å²) in [4.78, 5) is 4.85. The van der Waals surface area contributed by atoms with Gasteiger partial charge in [-0.15, -0.1) is 0 Å². The molecule has 27 heavy (non-hydrogen) atoms. The number of methoxy groups -OCH3 is 1. The van der Waals surface area contributed by atoms with E-state index in [0.717, 1.165) is 43.2 Å². The highest BCUT2D eigenvalue weighted by Gasteiger charge is 2.35. The molecule has 3 atom stereocenters. The number of hydrogen-bond donors (Lipinski definition) is 1. The summed E-state index contributed by atoms with van der Waals surface area (Å²) in [6.45, 7) is 6.55. The first-order valence-corrected chi connectivity index (χ1v) is 9.70. The highest BCUT2D eigenvalue weighted by atomic mass is 16.5. The van der Waals surface area contributed by atoms with Crippen molar-refractivity contribution >= 4 is 0 Å². The van der Waals surface area contributed by atoms with E-state index in [1.54, 1.807) is 7.11 Å². The number of ether oxygens (including phenoxy) is 2. The van der Waals surface area contributed by atoms with Gasteiger partial charge in [-0.3, -0.25) is 9.80 Å². The lowest BCUT2D eigenvalue weighted by atomic mass is 9.97. The fourth-order valence-corrected chi connectivity index (χ4v) is 4.30. The summed E-state index contributed by atoms with van der Waals surface area (Å²) in [5.74, 6) is 1.75. The number of piperazine rings is 1. The van der Waals surface area contributed by atoms with E-state index in [1.807, 2.05) is 36.4 Å². The molecule has 1 fully saturated rings. The molecule has 0 unspecified atom stereocenters. The minimum atomic E-state index is -0.492. The van der Waals surface area contributed by atoms with Crippen molar-refractivity contribution in [3.63, 3.8) is 0 Å². The van der Waals surface area contributed by atoms with Gasteiger partial charge in [-0.05, 0) is 19.1 Å². The van der Waals surface area contributed by atoms with Crippen LogP contribution in [0, 0.1) is 0 Å². The lowest BCUT2D eigenvalue weighted by Gasteiger charge is -2.44. The van der Waals surface area contributed by atoms with Gasteiger partial charge in [-0.2, -0.15) is 0 Å². The first kappa shape index (κ1) is 18.3. The molecule has 0 radical (unpaired) electrons. The normalized spacial score (nSPS) is 24.7. The highest BCUT2D eigenvalue weighted by molar-refractivity contribution is 5.38. The van der Waals surface area contributed by atoms with Gasteiger partial charge >= 0.3 is 0 Å². The molecule has 144 valence electrons. The molecule has 2 heterocycles. The Morgan fingerprint density at radius 2 is 1.74 bits per heavy atom. The molecule has 0 saturated carbocycles. The minimum Gasteiger partial charge on any atom is -0.496 e. The van der Waals surface area contributed by atoms with Crippen molar-refractivity contribution < 1.29 is 14.6 Å². The molecule has 2 aliphatic heterocycles. The number of benzene rings is 2. The third-order valence-electron chi connectivity index (χ3n) is 5.97. The van der Waals surface area contributed by atoms with Gasteiger partial charge in [0.1, 0.15) is 24.2 Å². The van der Waals surface area contributed by atoms with E-state index in [9.17, 15) is 5.11 Å². The monoisotopic (exact) mass is 368 g/mol. The molecule has 2 aliphatic rings. The fourth-order valence-electron chi connectivity index (χ4n) is 4.30. The Balaban J connectivity index is 1.41. The van der Waals surface area contributed by atoms with Crippen LogP contribution >= 0.6 is 0 Å². The standard InChI is InChI=1S/C22H28N2O3/c1-16(17-7-3-5-9-20(17)26-2)23-11-13-24(14-12-23)19-15-27-21-10-6-4-8-18(21)22(19)25/h3-10,16,19,22,25H,11-15H2,1-2H3/t16-,19+,22-/m0/s1. The van der Waals surface area contributed by atoms with E-state index < -0.39 is 6.10 Å². The Bertz CT molecular complexity index is 774. The van der Waals surface area contributed by atoms with Crippen molar-refractivity contribution in [2.45, 2.75) is 25.1 Å². The summed E-state index contributed by atoms with van der Waals surface area (Å²) >= 11 is 0. The first-order valence-electron chi connectivity index (χ1n) is 9.70. The second kappa shape index (κ2) is 7.89. The largest absolute Gasteiger partial charge is 0.496 e. The third kappa shape index (κ3) is 3.55. The Morgan fingerprint density at radius 1 is 1.04 bits per heavy atom. The van der Waals surface area contributed by atoms with Gasteiger partial charge in [0.05, 0.1) is 13.2 Å². The molecule has 0 aromatic heterocycles. The summed E-state index contributed by atoms with van der Waals surface area (Å²) in [6.07, 6.45) is -0.492. The molecule has 1 N–H and O–H groups in total. The molecule has 0 spiro atoms. The molecular formula is C22H28N2O3. The van der Waals surface area contributed by atoms with Gasteiger partial charge in [0.2, 0.25) is 0 Å². The van der Waals surface area contributed by atoms with Crippen molar-refractivity contribution in [1.82, 2.24) is 9.80 Å². The predicted octanol–water partition coefficient (Wildman–Crippen LogP) is 2.87. The van der Waals surface area contributed by atoms with Crippen LogP contribution in [0.4, 0.5) is 0 Å². The van der Waals surface area contributed by atoms with Gasteiger partial charge in [-0.1, -0.05) is 36.4 Å². The van der Waals surface area contributed by atoms with Gasteiger partial charge < -0.3 is 14.6 Å². The lowest BCUT2D eigenvalue weighted by molar-refractivity contribution is -0.0224. The average Bonchev–Trinajstić information content (AvgIpc) is 2.74. The van der Waals surface area contributed by atoms with Gasteiger partial charge in [-0.25, -0.2) is 0 Å². The molecule has 0 aliphatic carbocycles. The Morgan fingerprint density at radius 3 is 2.52 bits per heavy atom. The Hall–Kier alpha value is -2.08. The molecule has 1 saturated heterocycles. The summed E-state index contributed by atoms with van der Waals surface area (Å²) in [6, 6.07) is 16.4. The number of para-hydroxylation sites is 2. The lowest BCUT2D eigenvalue weighted by Crippen LogP contribution is -2.54. The van der Waals surface area contributed by atoms with Crippen LogP contribution in [0.2, 0.25) is 0 Å². The van der Waals surface area contributed by atoms with Crippen LogP contribution in [0.1, 0.15) is 30.2 Å². The summed E-state index contributed by atoms with van der Waals surface area (Å²) in [5.41, 5.74) is 2.13. The van der Waals surface area contributed by atoms with Crippen LogP contribution < -0.4 is 9.47 Å². The SMILES string of the molecule is COc1ccccc1[C@H](C)N1CCN([C@@H]2COc3ccccc3[C@@H]2O)CC1. The maximum atomic E-state index is 10.8. The molecular weight excluding hydrogens is 340 g/mol. The summed E-state index contributed by atoms with van der Waals surface area (Å²) < 4.78 is 11.4. The van der Waals surface area contributed by atoms with E-state index in [4.69, 9.17) is 9.47 Å². The van der Waals surface area contributed by atoms with E-state index >= 15 is 0 Å². The Kier molecular flexibility index (Phi) is 5.34. The molecule has 2 aromatic carbocycles. The van der Waals surface area contributed by atoms with Crippen LogP contribution in [0.5, 0.6) is 11.5 Å². The van der Waals surface area contributed by atoms with Gasteiger partial charge in [0, 0.05) is 43.3 Å². The van der Waals surface area contributed by atoms with Crippen molar-refractivity contribution in [1.29, 1.82) is 0 Å². The van der Waals surface area contributed by atoms with E-state index in [1.165, 1.54) is 5.56 Å². The summed E-state index contributed by atoms with van der Waals surface area (Å²) in [7, 11) is 1.73. The van der Waals surface area contributed by atoms with Crippen LogP contribution in [0.3, 0.4) is 0 Å². The topological polar surface area (TPSA) is 45.2 Å². The quantitative estimate of drug-likeness (QED) is 0.899. The van der Waals surface area contributed by atoms with E-state index in [2.05, 4.69) is 28.9 Å². The number of fused-ring (bicyclic) bond motifs is 1. The smallest absolute Gasteiger partial charge is 0.125 e. The zero-order valence-corrected chi connectivity index (χ0v) is 16.0. The van der Waals surface area contributed by atoms with Gasteiger partial charge in [0.15, 0.2) is 0 Å². The summed E-state index contributed by atoms with van der Waals surface area (Å²) in [5, 5.41) is 10.8. The zero-order valence-electron chi connectivity index (χ0n) is 16.0. The molecule has 2 aromatic rings.